The standard InChI is InChI=1S/C30H22BN2/c1-4-12-23(13-5-1)25-20-26(24-14-6-2-7-15-24)22-28(21-25)33-30-19-11-10-18-29(30)32(31-33)27-16-8-3-9-17-27/h1-22H. The average Bonchev–Trinajstić information content (AvgIpc) is 3.30. The smallest absolute Gasteiger partial charge is 0.367 e. The maximum Gasteiger partial charge on any atom is 0.401 e. The molecular weight excluding hydrogens is 399 g/mol. The van der Waals surface area contributed by atoms with Crippen LogP contribution in [0.25, 0.3) is 22.3 Å². The molecule has 0 bridgehead atoms. The number of fused-ring (bicyclic) bond motifs is 1. The van der Waals surface area contributed by atoms with Gasteiger partial charge in [-0.25, -0.2) is 0 Å². The first-order valence-electron chi connectivity index (χ1n) is 11.2. The van der Waals surface area contributed by atoms with Gasteiger partial charge in [-0.2, -0.15) is 0 Å². The van der Waals surface area contributed by atoms with Gasteiger partial charge in [0.05, 0.1) is 11.4 Å². The summed E-state index contributed by atoms with van der Waals surface area (Å²) >= 11 is 0. The molecule has 0 unspecified atom stereocenters. The van der Waals surface area contributed by atoms with Gasteiger partial charge < -0.3 is 9.62 Å². The van der Waals surface area contributed by atoms with Gasteiger partial charge in [-0.05, 0) is 64.7 Å². The van der Waals surface area contributed by atoms with Crippen LogP contribution in [0.2, 0.25) is 0 Å². The molecule has 1 aliphatic heterocycles. The topological polar surface area (TPSA) is 6.48 Å². The number of hydrogen-bond acceptors (Lipinski definition) is 2. The zero-order valence-corrected chi connectivity index (χ0v) is 18.2. The molecule has 3 heteroatoms. The monoisotopic (exact) mass is 421 g/mol. The van der Waals surface area contributed by atoms with Gasteiger partial charge >= 0.3 is 7.55 Å². The summed E-state index contributed by atoms with van der Waals surface area (Å²) in [5.74, 6) is 0. The third-order valence-corrected chi connectivity index (χ3v) is 6.08. The van der Waals surface area contributed by atoms with Gasteiger partial charge in [0.1, 0.15) is 0 Å². The van der Waals surface area contributed by atoms with Crippen molar-refractivity contribution in [2.75, 3.05) is 9.62 Å². The number of nitrogens with zero attached hydrogens (tertiary/aromatic N) is 2. The summed E-state index contributed by atoms with van der Waals surface area (Å²) in [6, 6.07) is 47.1. The molecule has 33 heavy (non-hydrogen) atoms. The first-order valence-corrected chi connectivity index (χ1v) is 11.2. The number of hydrogen-bond donors (Lipinski definition) is 0. The summed E-state index contributed by atoms with van der Waals surface area (Å²) in [7, 11) is 2.19. The second-order valence-electron chi connectivity index (χ2n) is 8.18. The van der Waals surface area contributed by atoms with Gasteiger partial charge in [0.25, 0.3) is 0 Å². The molecule has 5 aromatic carbocycles. The predicted molar refractivity (Wildman–Crippen MR) is 140 cm³/mol. The van der Waals surface area contributed by atoms with E-state index in [-0.39, 0.29) is 0 Å². The molecule has 1 radical (unpaired) electrons. The van der Waals surface area contributed by atoms with E-state index in [4.69, 9.17) is 0 Å². The molecule has 1 aliphatic rings. The minimum atomic E-state index is 1.14. The van der Waals surface area contributed by atoms with E-state index in [0.717, 1.165) is 11.4 Å². The molecule has 0 saturated carbocycles. The van der Waals surface area contributed by atoms with E-state index in [1.54, 1.807) is 0 Å². The van der Waals surface area contributed by atoms with Gasteiger partial charge in [-0.1, -0.05) is 91.0 Å². The van der Waals surface area contributed by atoms with Crippen molar-refractivity contribution >= 4 is 30.3 Å². The molecule has 6 rings (SSSR count). The van der Waals surface area contributed by atoms with Crippen molar-refractivity contribution in [3.05, 3.63) is 133 Å². The first-order chi connectivity index (χ1) is 16.4. The molecule has 0 spiro atoms. The Bertz CT molecular complexity index is 1330. The fraction of sp³-hybridized carbons (Fsp3) is 0. The molecule has 0 saturated heterocycles. The maximum atomic E-state index is 2.29. The number of anilines is 4. The van der Waals surface area contributed by atoms with Crippen LogP contribution >= 0.6 is 0 Å². The lowest BCUT2D eigenvalue weighted by Gasteiger charge is -2.22. The molecule has 0 atom stereocenters. The second-order valence-corrected chi connectivity index (χ2v) is 8.18. The minimum absolute atomic E-state index is 1.14. The van der Waals surface area contributed by atoms with Gasteiger partial charge in [0, 0.05) is 11.4 Å². The highest BCUT2D eigenvalue weighted by molar-refractivity contribution is 6.55. The number of para-hydroxylation sites is 3. The largest absolute Gasteiger partial charge is 0.401 e. The zero-order chi connectivity index (χ0) is 22.0. The van der Waals surface area contributed by atoms with Crippen molar-refractivity contribution in [2.24, 2.45) is 0 Å². The summed E-state index contributed by atoms with van der Waals surface area (Å²) in [6.07, 6.45) is 0. The Hall–Kier alpha value is -4.24. The van der Waals surface area contributed by atoms with Crippen LogP contribution in [0.15, 0.2) is 133 Å². The lowest BCUT2D eigenvalue weighted by atomic mass is 9.95. The quantitative estimate of drug-likeness (QED) is 0.273. The van der Waals surface area contributed by atoms with Crippen LogP contribution in [0.5, 0.6) is 0 Å². The van der Waals surface area contributed by atoms with Crippen LogP contribution in [0.1, 0.15) is 0 Å². The average molecular weight is 421 g/mol. The molecular formula is C30H22BN2. The Labute approximate surface area is 195 Å². The van der Waals surface area contributed by atoms with Gasteiger partial charge in [-0.15, -0.1) is 0 Å². The van der Waals surface area contributed by atoms with Crippen LogP contribution < -0.4 is 9.62 Å². The molecule has 0 aliphatic carbocycles. The normalized spacial score (nSPS) is 12.4. The van der Waals surface area contributed by atoms with Gasteiger partial charge in [-0.3, -0.25) is 0 Å². The van der Waals surface area contributed by atoms with Crippen molar-refractivity contribution in [2.45, 2.75) is 0 Å². The predicted octanol–water partition coefficient (Wildman–Crippen LogP) is 7.84. The van der Waals surface area contributed by atoms with E-state index in [2.05, 4.69) is 151 Å². The molecule has 0 fully saturated rings. The molecule has 155 valence electrons. The third-order valence-electron chi connectivity index (χ3n) is 6.08. The summed E-state index contributed by atoms with van der Waals surface area (Å²) in [5, 5.41) is 0. The van der Waals surface area contributed by atoms with Crippen molar-refractivity contribution < 1.29 is 0 Å². The Kier molecular flexibility index (Phi) is 4.93. The van der Waals surface area contributed by atoms with Crippen molar-refractivity contribution in [1.82, 2.24) is 0 Å². The molecule has 0 amide bonds. The summed E-state index contributed by atoms with van der Waals surface area (Å²) in [5.41, 5.74) is 9.47. The van der Waals surface area contributed by atoms with Crippen LogP contribution in [0.4, 0.5) is 22.7 Å². The molecule has 0 aromatic heterocycles. The van der Waals surface area contributed by atoms with E-state index in [0.29, 0.717) is 0 Å². The molecule has 0 N–H and O–H groups in total. The Morgan fingerprint density at radius 3 is 1.30 bits per heavy atom. The fourth-order valence-electron chi connectivity index (χ4n) is 4.46. The van der Waals surface area contributed by atoms with E-state index in [9.17, 15) is 0 Å². The van der Waals surface area contributed by atoms with Crippen LogP contribution in [0.3, 0.4) is 0 Å². The Morgan fingerprint density at radius 1 is 0.364 bits per heavy atom. The summed E-state index contributed by atoms with van der Waals surface area (Å²) in [6.45, 7) is 0. The minimum Gasteiger partial charge on any atom is -0.367 e. The Morgan fingerprint density at radius 2 is 0.788 bits per heavy atom. The zero-order valence-electron chi connectivity index (χ0n) is 18.2. The number of benzene rings is 5. The summed E-state index contributed by atoms with van der Waals surface area (Å²) < 4.78 is 0. The van der Waals surface area contributed by atoms with E-state index < -0.39 is 0 Å². The molecule has 2 nitrogen and oxygen atoms in total. The summed E-state index contributed by atoms with van der Waals surface area (Å²) in [4.78, 5) is 4.55. The second kappa shape index (κ2) is 8.36. The van der Waals surface area contributed by atoms with Gasteiger partial charge in [0.2, 0.25) is 0 Å². The highest BCUT2D eigenvalue weighted by Crippen LogP contribution is 2.44. The highest BCUT2D eigenvalue weighted by Gasteiger charge is 2.30. The lowest BCUT2D eigenvalue weighted by molar-refractivity contribution is 1.43. The Balaban J connectivity index is 1.50. The first kappa shape index (κ1) is 19.5. The SMILES string of the molecule is [B]1N(c2ccccc2)c2ccccc2N1c1cc(-c2ccccc2)cc(-c2ccccc2)c1. The maximum absolute atomic E-state index is 2.29. The van der Waals surface area contributed by atoms with Crippen LogP contribution in [-0.2, 0) is 0 Å². The fourth-order valence-corrected chi connectivity index (χ4v) is 4.46. The van der Waals surface area contributed by atoms with Gasteiger partial charge in [0.15, 0.2) is 0 Å². The lowest BCUT2D eigenvalue weighted by Crippen LogP contribution is -2.28. The van der Waals surface area contributed by atoms with E-state index in [1.807, 2.05) is 0 Å². The molecule has 5 aromatic rings. The van der Waals surface area contributed by atoms with Crippen molar-refractivity contribution in [3.63, 3.8) is 0 Å². The third kappa shape index (κ3) is 3.68. The highest BCUT2D eigenvalue weighted by atomic mass is 15.3. The van der Waals surface area contributed by atoms with Crippen LogP contribution in [-0.4, -0.2) is 7.55 Å². The molecule has 1 heterocycles. The number of rotatable bonds is 4. The van der Waals surface area contributed by atoms with E-state index in [1.165, 1.54) is 33.6 Å². The van der Waals surface area contributed by atoms with E-state index >= 15 is 0 Å². The van der Waals surface area contributed by atoms with Crippen molar-refractivity contribution in [1.29, 1.82) is 0 Å². The van der Waals surface area contributed by atoms with Crippen molar-refractivity contribution in [3.8, 4) is 22.3 Å². The van der Waals surface area contributed by atoms with Crippen LogP contribution in [0, 0.1) is 0 Å².